The minimum atomic E-state index is -4.39. The Morgan fingerprint density at radius 3 is 2.08 bits per heavy atom. The first-order valence-electron chi connectivity index (χ1n) is 8.48. The first-order valence-corrected chi connectivity index (χ1v) is 9.95. The van der Waals surface area contributed by atoms with Gasteiger partial charge >= 0.3 is 59.1 Å². The molecular formula is C16H20N2Na2O5S. The second-order valence-corrected chi connectivity index (χ2v) is 8.88. The third-order valence-corrected chi connectivity index (χ3v) is 7.12. The van der Waals surface area contributed by atoms with Crippen LogP contribution in [0.4, 0.5) is 0 Å². The number of hydrogen-bond acceptors (Lipinski definition) is 7. The Balaban J connectivity index is 0.00000121. The van der Waals surface area contributed by atoms with Crippen LogP contribution < -0.4 is 69.7 Å². The van der Waals surface area contributed by atoms with Gasteiger partial charge in [-0.25, -0.2) is 8.42 Å². The number of fused-ring (bicyclic) bond motifs is 2. The summed E-state index contributed by atoms with van der Waals surface area (Å²) in [5, 5.41) is 5.35. The molecule has 4 rings (SSSR count). The molecule has 10 heteroatoms. The van der Waals surface area contributed by atoms with Gasteiger partial charge in [-0.05, 0) is 19.3 Å². The predicted octanol–water partition coefficient (Wildman–Crippen LogP) is -5.99. The van der Waals surface area contributed by atoms with Crippen molar-refractivity contribution in [3.8, 4) is 0 Å². The van der Waals surface area contributed by atoms with Crippen LogP contribution in [0, 0.1) is 18.3 Å². The van der Waals surface area contributed by atoms with E-state index >= 15 is 0 Å². The van der Waals surface area contributed by atoms with E-state index in [2.05, 4.69) is 17.1 Å². The second kappa shape index (κ2) is 8.53. The summed E-state index contributed by atoms with van der Waals surface area (Å²) < 4.78 is 33.8. The summed E-state index contributed by atoms with van der Waals surface area (Å²) in [6.45, 7) is 0. The number of hydrogen-bond donors (Lipinski definition) is 2. The molecule has 2 heterocycles. The molecule has 2 N–H and O–H groups in total. The van der Waals surface area contributed by atoms with Gasteiger partial charge in [-0.15, -0.1) is 0 Å². The van der Waals surface area contributed by atoms with Crippen LogP contribution in [0.3, 0.4) is 0 Å². The maximum atomic E-state index is 12.7. The largest absolute Gasteiger partial charge is 1.00 e. The van der Waals surface area contributed by atoms with Gasteiger partial charge in [0, 0.05) is 23.9 Å². The van der Waals surface area contributed by atoms with Crippen LogP contribution in [0.5, 0.6) is 0 Å². The Bertz CT molecular complexity index is 739. The standard InChI is InChI=1S/C16H21N2O5S.2Na/c19-15-9-3-1-2-4-11(9)17-13(15)14-16(20)10-7-8(24(21,22)23)5-6-12(10)18-14;;/h1,8-12,17-18H,2-7H2,(H,21,22,23);;/q-1;2*+1/p-1/b14-13-;;. The topological polar surface area (TPSA) is 115 Å². The molecule has 132 valence electrons. The van der Waals surface area contributed by atoms with Crippen molar-refractivity contribution in [3.63, 3.8) is 0 Å². The van der Waals surface area contributed by atoms with E-state index in [-0.39, 0.29) is 102 Å². The summed E-state index contributed by atoms with van der Waals surface area (Å²) in [4.78, 5) is 25.4. The smallest absolute Gasteiger partial charge is 0.748 e. The van der Waals surface area contributed by atoms with E-state index in [1.807, 2.05) is 0 Å². The molecule has 5 atom stereocenters. The summed E-state index contributed by atoms with van der Waals surface area (Å²) >= 11 is 0. The number of Topliss-reactive ketones (excluding diaryl/α,β-unsaturated/α-hetero) is 2. The Morgan fingerprint density at radius 1 is 0.923 bits per heavy atom. The first-order chi connectivity index (χ1) is 11.4. The maximum absolute atomic E-state index is 12.7. The fourth-order valence-electron chi connectivity index (χ4n) is 4.55. The van der Waals surface area contributed by atoms with Crippen LogP contribution in [0.1, 0.15) is 38.5 Å². The van der Waals surface area contributed by atoms with Gasteiger partial charge in [0.2, 0.25) is 0 Å². The van der Waals surface area contributed by atoms with Crippen LogP contribution in [0.15, 0.2) is 11.4 Å². The minimum absolute atomic E-state index is 0. The third-order valence-electron chi connectivity index (χ3n) is 5.87. The molecule has 0 radical (unpaired) electrons. The Hall–Kier alpha value is 0.590. The number of rotatable bonds is 1. The monoisotopic (exact) mass is 398 g/mol. The van der Waals surface area contributed by atoms with Crippen LogP contribution in [0.2, 0.25) is 0 Å². The van der Waals surface area contributed by atoms with E-state index in [9.17, 15) is 22.6 Å². The summed E-state index contributed by atoms with van der Waals surface area (Å²) in [6, 6.07) is -0.0983. The van der Waals surface area contributed by atoms with E-state index in [0.29, 0.717) is 17.8 Å². The zero-order chi connectivity index (χ0) is 17.1. The summed E-state index contributed by atoms with van der Waals surface area (Å²) in [5.41, 5.74) is 0.662. The zero-order valence-electron chi connectivity index (χ0n) is 15.2. The zero-order valence-corrected chi connectivity index (χ0v) is 20.0. The van der Waals surface area contributed by atoms with Gasteiger partial charge in [0.1, 0.15) is 11.4 Å². The molecule has 26 heavy (non-hydrogen) atoms. The molecule has 0 aromatic rings. The van der Waals surface area contributed by atoms with Gasteiger partial charge < -0.3 is 21.6 Å². The number of allylic oxidation sites excluding steroid dienone is 2. The molecule has 2 aliphatic carbocycles. The van der Waals surface area contributed by atoms with Crippen molar-refractivity contribution in [1.29, 1.82) is 0 Å². The predicted molar refractivity (Wildman–Crippen MR) is 83.4 cm³/mol. The molecule has 0 amide bonds. The molecule has 0 aromatic carbocycles. The summed E-state index contributed by atoms with van der Waals surface area (Å²) in [7, 11) is -4.39. The molecule has 0 spiro atoms. The van der Waals surface area contributed by atoms with Crippen LogP contribution in [-0.4, -0.2) is 41.9 Å². The molecular weight excluding hydrogens is 378 g/mol. The van der Waals surface area contributed by atoms with Gasteiger partial charge in [-0.1, -0.05) is 6.42 Å². The molecule has 2 saturated carbocycles. The van der Waals surface area contributed by atoms with Crippen molar-refractivity contribution in [3.05, 3.63) is 17.8 Å². The van der Waals surface area contributed by atoms with E-state index in [1.54, 1.807) is 0 Å². The van der Waals surface area contributed by atoms with Crippen molar-refractivity contribution in [2.24, 2.45) is 11.8 Å². The van der Waals surface area contributed by atoms with E-state index in [1.165, 1.54) is 0 Å². The number of ketones is 2. The SMILES string of the molecule is O=C1/C(=C2/NC3CCC(S(=O)(=O)[O-])CC3C2=O)NC2CC[CH-]CC12.[Na+].[Na+]. The molecule has 4 fully saturated rings. The number of nitrogens with one attached hydrogen (secondary N) is 2. The van der Waals surface area contributed by atoms with Gasteiger partial charge in [0.25, 0.3) is 0 Å². The van der Waals surface area contributed by atoms with Crippen molar-refractivity contribution in [1.82, 2.24) is 10.6 Å². The Labute approximate surface area is 197 Å². The molecule has 7 nitrogen and oxygen atoms in total. The normalized spacial score (nSPS) is 39.0. The first kappa shape index (κ1) is 22.9. The van der Waals surface area contributed by atoms with Gasteiger partial charge in [-0.2, -0.15) is 12.8 Å². The Kier molecular flexibility index (Phi) is 7.51. The fraction of sp³-hybridized carbons (Fsp3) is 0.688. The van der Waals surface area contributed by atoms with Crippen molar-refractivity contribution < 1.29 is 81.7 Å². The molecule has 2 aliphatic heterocycles. The summed E-state index contributed by atoms with van der Waals surface area (Å²) in [5.74, 6) is -0.891. The van der Waals surface area contributed by atoms with Crippen molar-refractivity contribution in [2.45, 2.75) is 55.9 Å². The molecule has 2 saturated heterocycles. The minimum Gasteiger partial charge on any atom is -0.748 e. The van der Waals surface area contributed by atoms with E-state index in [4.69, 9.17) is 0 Å². The van der Waals surface area contributed by atoms with E-state index in [0.717, 1.165) is 19.3 Å². The Morgan fingerprint density at radius 2 is 1.50 bits per heavy atom. The van der Waals surface area contributed by atoms with Crippen molar-refractivity contribution >= 4 is 21.7 Å². The van der Waals surface area contributed by atoms with Gasteiger partial charge in [-0.3, -0.25) is 9.59 Å². The fourth-order valence-corrected chi connectivity index (χ4v) is 5.42. The average Bonchev–Trinajstić information content (AvgIpc) is 3.05. The maximum Gasteiger partial charge on any atom is 1.00 e. The number of carbonyl (C=O) groups is 2. The molecule has 5 unspecified atom stereocenters. The number of carbonyl (C=O) groups excluding carboxylic acids is 2. The quantitative estimate of drug-likeness (QED) is 0.196. The van der Waals surface area contributed by atoms with Crippen LogP contribution in [-0.2, 0) is 19.7 Å². The summed E-state index contributed by atoms with van der Waals surface area (Å²) in [6.07, 6.45) is 5.44. The average molecular weight is 398 g/mol. The third kappa shape index (κ3) is 3.99. The van der Waals surface area contributed by atoms with Gasteiger partial charge in [0.15, 0.2) is 11.6 Å². The molecule has 4 aliphatic rings. The molecule has 0 bridgehead atoms. The van der Waals surface area contributed by atoms with Crippen LogP contribution >= 0.6 is 0 Å². The van der Waals surface area contributed by atoms with Crippen molar-refractivity contribution in [2.75, 3.05) is 0 Å². The van der Waals surface area contributed by atoms with Gasteiger partial charge in [0.05, 0.1) is 15.4 Å². The molecule has 0 aromatic heterocycles. The second-order valence-electron chi connectivity index (χ2n) is 7.22. The van der Waals surface area contributed by atoms with Crippen LogP contribution in [0.25, 0.3) is 0 Å². The van der Waals surface area contributed by atoms with E-state index < -0.39 is 21.3 Å².